The summed E-state index contributed by atoms with van der Waals surface area (Å²) in [7, 11) is 0. The highest BCUT2D eigenvalue weighted by molar-refractivity contribution is 5.80. The van der Waals surface area contributed by atoms with Crippen LogP contribution in [0.5, 0.6) is 0 Å². The highest BCUT2D eigenvalue weighted by atomic mass is 16.7. The third-order valence-corrected chi connectivity index (χ3v) is 15.5. The molecule has 0 aromatic carbocycles. The van der Waals surface area contributed by atoms with Crippen LogP contribution in [0.1, 0.15) is 284 Å². The fourth-order valence-corrected chi connectivity index (χ4v) is 10.1. The molecule has 0 saturated carbocycles. The summed E-state index contributed by atoms with van der Waals surface area (Å²) >= 11 is 0. The van der Waals surface area contributed by atoms with E-state index < -0.39 is 67.4 Å². The minimum atomic E-state index is -1.63. The molecule has 11 heteroatoms. The molecule has 1 fully saturated rings. The molecule has 1 amide bonds. The largest absolute Gasteiger partial charge is 0.454 e. The summed E-state index contributed by atoms with van der Waals surface area (Å²) in [6.45, 7) is 5.73. The molecule has 0 aliphatic carbocycles. The second kappa shape index (κ2) is 58.9. The van der Waals surface area contributed by atoms with Crippen LogP contribution < -0.4 is 5.32 Å². The molecule has 8 atom stereocenters. The first kappa shape index (κ1) is 77.6. The molecule has 478 valence electrons. The maximum absolute atomic E-state index is 13.5. The van der Waals surface area contributed by atoms with Crippen molar-refractivity contribution in [1.29, 1.82) is 0 Å². The fraction of sp³-hybridized carbons (Fsp3) is 0.750. The molecule has 1 saturated heterocycles. The third kappa shape index (κ3) is 46.5. The van der Waals surface area contributed by atoms with E-state index in [-0.39, 0.29) is 19.4 Å². The van der Waals surface area contributed by atoms with Gasteiger partial charge in [-0.2, -0.15) is 0 Å². The van der Waals surface area contributed by atoms with Gasteiger partial charge in [0.15, 0.2) is 12.4 Å². The van der Waals surface area contributed by atoms with E-state index in [2.05, 4.69) is 111 Å². The van der Waals surface area contributed by atoms with Crippen LogP contribution in [0.2, 0.25) is 0 Å². The summed E-state index contributed by atoms with van der Waals surface area (Å²) in [6.07, 6.45) is 68.6. The predicted molar refractivity (Wildman–Crippen MR) is 347 cm³/mol. The Hall–Kier alpha value is -3.42. The Morgan fingerprint density at radius 1 is 0.470 bits per heavy atom. The van der Waals surface area contributed by atoms with E-state index in [1.165, 1.54) is 128 Å². The van der Waals surface area contributed by atoms with Gasteiger partial charge in [-0.1, -0.05) is 266 Å². The van der Waals surface area contributed by atoms with Crippen molar-refractivity contribution in [3.8, 4) is 0 Å². The van der Waals surface area contributed by atoms with E-state index in [4.69, 9.17) is 14.2 Å². The van der Waals surface area contributed by atoms with Gasteiger partial charge in [-0.25, -0.2) is 0 Å². The maximum Gasteiger partial charge on any atom is 0.306 e. The van der Waals surface area contributed by atoms with Crippen molar-refractivity contribution < 1.29 is 49.3 Å². The summed E-state index contributed by atoms with van der Waals surface area (Å²) < 4.78 is 17.6. The van der Waals surface area contributed by atoms with Crippen LogP contribution in [0.15, 0.2) is 97.2 Å². The number of aliphatic hydroxyl groups excluding tert-OH is 5. The Balaban J connectivity index is 2.65. The number of hydrogen-bond acceptors (Lipinski definition) is 10. The molecule has 0 radical (unpaired) electrons. The van der Waals surface area contributed by atoms with Crippen LogP contribution in [-0.4, -0.2) is 99.6 Å². The van der Waals surface area contributed by atoms with Crippen molar-refractivity contribution in [1.82, 2.24) is 5.32 Å². The first-order chi connectivity index (χ1) is 40.7. The van der Waals surface area contributed by atoms with E-state index in [0.717, 1.165) is 109 Å². The molecule has 0 spiro atoms. The van der Waals surface area contributed by atoms with Crippen LogP contribution in [0.3, 0.4) is 0 Å². The van der Waals surface area contributed by atoms with Crippen molar-refractivity contribution in [3.63, 3.8) is 0 Å². The number of unbranched alkanes of at least 4 members (excludes halogenated alkanes) is 29. The molecule has 8 unspecified atom stereocenters. The summed E-state index contributed by atoms with van der Waals surface area (Å²) in [5, 5.41) is 57.2. The number of aliphatic hydroxyl groups is 5. The number of nitrogens with one attached hydrogen (secondary N) is 1. The van der Waals surface area contributed by atoms with Gasteiger partial charge in [0.25, 0.3) is 0 Å². The van der Waals surface area contributed by atoms with Gasteiger partial charge in [0.1, 0.15) is 24.4 Å². The van der Waals surface area contributed by atoms with E-state index in [1.54, 1.807) is 6.08 Å². The zero-order valence-electron chi connectivity index (χ0n) is 53.0. The van der Waals surface area contributed by atoms with Crippen LogP contribution in [0.4, 0.5) is 0 Å². The standard InChI is InChI=1S/C72H125NO10/c1-4-7-10-13-16-19-22-25-27-29-30-31-32-33-34-35-37-38-41-44-47-50-53-56-59-65(76)71(80)73-63(64(75)58-55-52-49-46-43-40-24-21-18-15-12-9-6-3)62-81-72-70(69(79)68(78)66(61-74)82-72)83-67(77)60-57-54-51-48-45-42-39-36-28-26-23-20-17-14-11-8-5-2/h16-17,19-20,25-28,30-31,33-34,39,42,55,58,63-66,68-70,72,74-76,78-79H,4-15,18,21-24,29,32,35-38,40-41,43-54,56-57,59-62H2,1-3H3,(H,73,80)/b19-16-,20-17-,27-25-,28-26-,31-30-,34-33-,42-39-,58-55+. The second-order valence-corrected chi connectivity index (χ2v) is 23.2. The Bertz CT molecular complexity index is 1720. The van der Waals surface area contributed by atoms with E-state index in [9.17, 15) is 35.1 Å². The average molecular weight is 1160 g/mol. The summed E-state index contributed by atoms with van der Waals surface area (Å²) in [4.78, 5) is 26.6. The van der Waals surface area contributed by atoms with Crippen molar-refractivity contribution >= 4 is 11.9 Å². The molecule has 1 rings (SSSR count). The summed E-state index contributed by atoms with van der Waals surface area (Å²) in [6, 6.07) is -1.04. The van der Waals surface area contributed by atoms with E-state index >= 15 is 0 Å². The number of amides is 1. The molecule has 83 heavy (non-hydrogen) atoms. The maximum atomic E-state index is 13.5. The molecule has 0 aromatic heterocycles. The van der Waals surface area contributed by atoms with E-state index in [0.29, 0.717) is 12.8 Å². The van der Waals surface area contributed by atoms with Gasteiger partial charge < -0.3 is 45.1 Å². The van der Waals surface area contributed by atoms with Gasteiger partial charge in [-0.3, -0.25) is 9.59 Å². The number of carbonyl (C=O) groups excluding carboxylic acids is 2. The SMILES string of the molecule is CCCCC/C=C\C/C=C\C/C=C\C/C=C\CCCCCCCCCCC(O)C(=O)NC(COC1OC(CO)C(O)C(O)C1OC(=O)CCCCCC/C=C\C/C=C\C/C=C\CCCCC)C(O)/C=C/CCCCCCCCCCCCC. The topological polar surface area (TPSA) is 175 Å². The molecule has 1 aliphatic rings. The first-order valence-corrected chi connectivity index (χ1v) is 34.0. The minimum absolute atomic E-state index is 0.0934. The zero-order chi connectivity index (χ0) is 60.3. The lowest BCUT2D eigenvalue weighted by Crippen LogP contribution is -2.61. The molecule has 11 nitrogen and oxygen atoms in total. The lowest BCUT2D eigenvalue weighted by atomic mass is 9.99. The lowest BCUT2D eigenvalue weighted by Gasteiger charge is -2.41. The number of carbonyl (C=O) groups is 2. The summed E-state index contributed by atoms with van der Waals surface area (Å²) in [5.74, 6) is -1.22. The number of hydrogen-bond donors (Lipinski definition) is 6. The molecule has 0 aromatic rings. The first-order valence-electron chi connectivity index (χ1n) is 34.0. The van der Waals surface area contributed by atoms with Crippen LogP contribution >= 0.6 is 0 Å². The van der Waals surface area contributed by atoms with Gasteiger partial charge >= 0.3 is 5.97 Å². The quantitative estimate of drug-likeness (QED) is 0.0195. The van der Waals surface area contributed by atoms with Gasteiger partial charge in [0, 0.05) is 6.42 Å². The van der Waals surface area contributed by atoms with Crippen LogP contribution in [-0.2, 0) is 23.8 Å². The average Bonchev–Trinajstić information content (AvgIpc) is 3.67. The number of allylic oxidation sites excluding steroid dienone is 15. The summed E-state index contributed by atoms with van der Waals surface area (Å²) in [5.41, 5.74) is 0. The van der Waals surface area contributed by atoms with Gasteiger partial charge in [-0.15, -0.1) is 0 Å². The van der Waals surface area contributed by atoms with Crippen LogP contribution in [0, 0.1) is 0 Å². The zero-order valence-corrected chi connectivity index (χ0v) is 53.0. The smallest absolute Gasteiger partial charge is 0.306 e. The predicted octanol–water partition coefficient (Wildman–Crippen LogP) is 17.1. The fourth-order valence-electron chi connectivity index (χ4n) is 10.1. The van der Waals surface area contributed by atoms with Crippen LogP contribution in [0.25, 0.3) is 0 Å². The molecule has 6 N–H and O–H groups in total. The molecule has 1 heterocycles. The molecule has 0 bridgehead atoms. The van der Waals surface area contributed by atoms with Crippen molar-refractivity contribution in [2.75, 3.05) is 13.2 Å². The van der Waals surface area contributed by atoms with Crippen molar-refractivity contribution in [2.24, 2.45) is 0 Å². The minimum Gasteiger partial charge on any atom is -0.454 e. The Morgan fingerprint density at radius 3 is 1.27 bits per heavy atom. The highest BCUT2D eigenvalue weighted by Crippen LogP contribution is 2.26. The highest BCUT2D eigenvalue weighted by Gasteiger charge is 2.47. The second-order valence-electron chi connectivity index (χ2n) is 23.2. The van der Waals surface area contributed by atoms with E-state index in [1.807, 2.05) is 6.08 Å². The molecule has 1 aliphatic heterocycles. The molecular weight excluding hydrogens is 1040 g/mol. The van der Waals surface area contributed by atoms with Crippen molar-refractivity contribution in [3.05, 3.63) is 97.2 Å². The number of ether oxygens (including phenoxy) is 3. The number of esters is 1. The third-order valence-electron chi connectivity index (χ3n) is 15.5. The Labute approximate surface area is 507 Å². The normalized spacial score (nSPS) is 19.2. The number of rotatable bonds is 57. The Morgan fingerprint density at radius 2 is 0.831 bits per heavy atom. The lowest BCUT2D eigenvalue weighted by molar-refractivity contribution is -0.305. The monoisotopic (exact) mass is 1160 g/mol. The van der Waals surface area contributed by atoms with Gasteiger partial charge in [-0.05, 0) is 109 Å². The molecular formula is C72H125NO10. The Kier molecular flexibility index (Phi) is 55.1. The van der Waals surface area contributed by atoms with Gasteiger partial charge in [0.05, 0.1) is 25.4 Å². The van der Waals surface area contributed by atoms with Crippen molar-refractivity contribution in [2.45, 2.75) is 333 Å². The van der Waals surface area contributed by atoms with Gasteiger partial charge in [0.2, 0.25) is 5.91 Å².